The number of likely N-dealkylation sites (N-methyl/N-ethyl adjacent to an activating group) is 1. The van der Waals surface area contributed by atoms with Crippen molar-refractivity contribution in [2.45, 2.75) is 13.5 Å². The first-order valence-corrected chi connectivity index (χ1v) is 9.95. The minimum absolute atomic E-state index is 0.0514. The van der Waals surface area contributed by atoms with Crippen LogP contribution in [0.5, 0.6) is 0 Å². The number of carbonyl (C=O) groups is 2. The fourth-order valence-corrected chi connectivity index (χ4v) is 3.42. The van der Waals surface area contributed by atoms with Crippen molar-refractivity contribution in [3.05, 3.63) is 78.1 Å². The summed E-state index contributed by atoms with van der Waals surface area (Å²) in [4.78, 5) is 35.0. The van der Waals surface area contributed by atoms with E-state index in [4.69, 9.17) is 4.98 Å². The van der Waals surface area contributed by atoms with Gasteiger partial charge in [-0.05, 0) is 36.8 Å². The summed E-state index contributed by atoms with van der Waals surface area (Å²) in [7, 11) is 3.31. The Labute approximate surface area is 180 Å². The number of nitrogens with zero attached hydrogens (tertiary/aromatic N) is 5. The zero-order chi connectivity index (χ0) is 22.0. The van der Waals surface area contributed by atoms with Crippen molar-refractivity contribution in [2.75, 3.05) is 20.6 Å². The van der Waals surface area contributed by atoms with Gasteiger partial charge in [0.2, 0.25) is 5.91 Å². The standard InChI is InChI=1S/C23H24N6O2/c1-16-26-19(15-28(16)14-17-7-6-9-24-12-17)21-11-18(20-8-4-5-10-29(20)21)23(31)25-13-22(30)27(2)3/h4-12,15H,13-14H2,1-3H3,(H,25,31). The minimum Gasteiger partial charge on any atom is -0.347 e. The van der Waals surface area contributed by atoms with Gasteiger partial charge < -0.3 is 19.2 Å². The Bertz CT molecular complexity index is 1240. The highest BCUT2D eigenvalue weighted by Crippen LogP contribution is 2.26. The van der Waals surface area contributed by atoms with E-state index in [1.54, 1.807) is 20.3 Å². The molecule has 2 amide bonds. The Balaban J connectivity index is 1.67. The Morgan fingerprint density at radius 3 is 2.74 bits per heavy atom. The van der Waals surface area contributed by atoms with Crippen LogP contribution in [0, 0.1) is 6.92 Å². The third-order valence-corrected chi connectivity index (χ3v) is 5.13. The molecule has 4 aromatic rings. The highest BCUT2D eigenvalue weighted by molar-refractivity contribution is 6.03. The van der Waals surface area contributed by atoms with Gasteiger partial charge in [-0.3, -0.25) is 14.6 Å². The maximum atomic E-state index is 12.8. The molecule has 0 atom stereocenters. The van der Waals surface area contributed by atoms with Crippen molar-refractivity contribution in [2.24, 2.45) is 0 Å². The van der Waals surface area contributed by atoms with Crippen molar-refractivity contribution in [1.82, 2.24) is 29.2 Å². The predicted octanol–water partition coefficient (Wildman–Crippen LogP) is 2.37. The van der Waals surface area contributed by atoms with Gasteiger partial charge in [-0.1, -0.05) is 12.1 Å². The van der Waals surface area contributed by atoms with Crippen LogP contribution in [0.15, 0.2) is 61.2 Å². The molecule has 0 bridgehead atoms. The number of carbonyl (C=O) groups excluding carboxylic acids is 2. The molecule has 8 heteroatoms. The fourth-order valence-electron chi connectivity index (χ4n) is 3.42. The van der Waals surface area contributed by atoms with Crippen LogP contribution in [-0.2, 0) is 11.3 Å². The van der Waals surface area contributed by atoms with Gasteiger partial charge in [0, 0.05) is 38.9 Å². The van der Waals surface area contributed by atoms with Crippen molar-refractivity contribution < 1.29 is 9.59 Å². The molecule has 0 radical (unpaired) electrons. The largest absolute Gasteiger partial charge is 0.347 e. The number of rotatable bonds is 6. The molecule has 0 aliphatic carbocycles. The first-order chi connectivity index (χ1) is 14.9. The summed E-state index contributed by atoms with van der Waals surface area (Å²) < 4.78 is 4.00. The van der Waals surface area contributed by atoms with Crippen LogP contribution in [0.2, 0.25) is 0 Å². The first kappa shape index (κ1) is 20.3. The molecule has 0 aliphatic rings. The van der Waals surface area contributed by atoms with E-state index in [0.29, 0.717) is 12.1 Å². The van der Waals surface area contributed by atoms with Crippen LogP contribution in [0.3, 0.4) is 0 Å². The number of fused-ring (bicyclic) bond motifs is 1. The van der Waals surface area contributed by atoms with E-state index in [0.717, 1.165) is 28.3 Å². The highest BCUT2D eigenvalue weighted by atomic mass is 16.2. The van der Waals surface area contributed by atoms with Crippen LogP contribution < -0.4 is 5.32 Å². The number of nitrogens with one attached hydrogen (secondary N) is 1. The molecule has 8 nitrogen and oxygen atoms in total. The van der Waals surface area contributed by atoms with Crippen molar-refractivity contribution in [1.29, 1.82) is 0 Å². The zero-order valence-electron chi connectivity index (χ0n) is 17.7. The summed E-state index contributed by atoms with van der Waals surface area (Å²) in [6.07, 6.45) is 7.47. The summed E-state index contributed by atoms with van der Waals surface area (Å²) in [5, 5.41) is 2.71. The van der Waals surface area contributed by atoms with Gasteiger partial charge in [-0.25, -0.2) is 4.98 Å². The lowest BCUT2D eigenvalue weighted by Crippen LogP contribution is -2.36. The number of amides is 2. The third kappa shape index (κ3) is 4.18. The molecule has 0 saturated carbocycles. The van der Waals surface area contributed by atoms with E-state index in [1.807, 2.05) is 66.3 Å². The molecule has 4 aromatic heterocycles. The van der Waals surface area contributed by atoms with E-state index in [9.17, 15) is 9.59 Å². The number of imidazole rings is 1. The van der Waals surface area contributed by atoms with Crippen LogP contribution >= 0.6 is 0 Å². The molecule has 158 valence electrons. The Kier molecular flexibility index (Phi) is 5.53. The number of aryl methyl sites for hydroxylation is 1. The maximum Gasteiger partial charge on any atom is 0.253 e. The molecule has 0 fully saturated rings. The van der Waals surface area contributed by atoms with E-state index < -0.39 is 0 Å². The molecule has 4 rings (SSSR count). The van der Waals surface area contributed by atoms with E-state index in [1.165, 1.54) is 4.90 Å². The van der Waals surface area contributed by atoms with Crippen LogP contribution in [0.4, 0.5) is 0 Å². The maximum absolute atomic E-state index is 12.8. The zero-order valence-corrected chi connectivity index (χ0v) is 17.7. The molecule has 0 spiro atoms. The second-order valence-corrected chi connectivity index (χ2v) is 7.53. The first-order valence-electron chi connectivity index (χ1n) is 9.95. The number of pyridine rings is 2. The average molecular weight is 416 g/mol. The smallest absolute Gasteiger partial charge is 0.253 e. The number of hydrogen-bond donors (Lipinski definition) is 1. The molecule has 31 heavy (non-hydrogen) atoms. The van der Waals surface area contributed by atoms with Crippen LogP contribution in [0.25, 0.3) is 16.9 Å². The van der Waals surface area contributed by atoms with Gasteiger partial charge in [0.05, 0.1) is 29.9 Å². The molecule has 1 N–H and O–H groups in total. The lowest BCUT2D eigenvalue weighted by atomic mass is 10.2. The number of aromatic nitrogens is 4. The monoisotopic (exact) mass is 416 g/mol. The molecular weight excluding hydrogens is 392 g/mol. The van der Waals surface area contributed by atoms with Gasteiger partial charge in [0.15, 0.2) is 0 Å². The SMILES string of the molecule is Cc1nc(-c2cc(C(=O)NCC(=O)N(C)C)c3ccccn23)cn1Cc1cccnc1. The minimum atomic E-state index is -0.295. The van der Waals surface area contributed by atoms with Gasteiger partial charge in [0.25, 0.3) is 5.91 Å². The normalized spacial score (nSPS) is 10.9. The topological polar surface area (TPSA) is 84.5 Å². The van der Waals surface area contributed by atoms with Crippen molar-refractivity contribution >= 4 is 17.3 Å². The van der Waals surface area contributed by atoms with Crippen LogP contribution in [0.1, 0.15) is 21.7 Å². The summed E-state index contributed by atoms with van der Waals surface area (Å²) in [6, 6.07) is 11.4. The molecule has 0 aliphatic heterocycles. The van der Waals surface area contributed by atoms with Crippen molar-refractivity contribution in [3.8, 4) is 11.4 Å². The van der Waals surface area contributed by atoms with Crippen LogP contribution in [-0.4, -0.2) is 56.3 Å². The summed E-state index contributed by atoms with van der Waals surface area (Å²) in [5.74, 6) is 0.408. The lowest BCUT2D eigenvalue weighted by molar-refractivity contribution is -0.127. The summed E-state index contributed by atoms with van der Waals surface area (Å²) in [5.41, 5.74) is 3.92. The van der Waals surface area contributed by atoms with Gasteiger partial charge >= 0.3 is 0 Å². The van der Waals surface area contributed by atoms with Gasteiger partial charge in [-0.15, -0.1) is 0 Å². The summed E-state index contributed by atoms with van der Waals surface area (Å²) >= 11 is 0. The van der Waals surface area contributed by atoms with Gasteiger partial charge in [-0.2, -0.15) is 0 Å². The molecule has 0 saturated heterocycles. The summed E-state index contributed by atoms with van der Waals surface area (Å²) in [6.45, 7) is 2.57. The number of hydrogen-bond acceptors (Lipinski definition) is 4. The second kappa shape index (κ2) is 8.43. The predicted molar refractivity (Wildman–Crippen MR) is 118 cm³/mol. The molecule has 4 heterocycles. The molecule has 0 unspecified atom stereocenters. The second-order valence-electron chi connectivity index (χ2n) is 7.53. The Hall–Kier alpha value is -3.94. The Morgan fingerprint density at radius 1 is 1.16 bits per heavy atom. The highest BCUT2D eigenvalue weighted by Gasteiger charge is 2.19. The fraction of sp³-hybridized carbons (Fsp3) is 0.217. The van der Waals surface area contributed by atoms with E-state index in [-0.39, 0.29) is 18.4 Å². The molecular formula is C23H24N6O2. The molecule has 0 aromatic carbocycles. The van der Waals surface area contributed by atoms with E-state index >= 15 is 0 Å². The lowest BCUT2D eigenvalue weighted by Gasteiger charge is -2.10. The quantitative estimate of drug-likeness (QED) is 0.523. The van der Waals surface area contributed by atoms with Gasteiger partial charge in [0.1, 0.15) is 11.5 Å². The van der Waals surface area contributed by atoms with E-state index in [2.05, 4.69) is 14.9 Å². The average Bonchev–Trinajstić information content (AvgIpc) is 3.33. The third-order valence-electron chi connectivity index (χ3n) is 5.13. The Morgan fingerprint density at radius 2 is 2.00 bits per heavy atom. The van der Waals surface area contributed by atoms with Crippen molar-refractivity contribution in [3.63, 3.8) is 0 Å².